The highest BCUT2D eigenvalue weighted by Crippen LogP contribution is 2.32. The van der Waals surface area contributed by atoms with Crippen LogP contribution in [0.25, 0.3) is 22.0 Å². The van der Waals surface area contributed by atoms with Crippen LogP contribution in [0.5, 0.6) is 0 Å². The number of benzene rings is 3. The Kier molecular flexibility index (Phi) is 6.85. The van der Waals surface area contributed by atoms with E-state index < -0.39 is 11.9 Å². The standard InChI is InChI=1S/C25H17Cl2N3O4/c26-18-4-2-16(22(27)10-18)13-34-30-25(33)15-3-6-23-20(9-15)21(12-29-23)19-5-1-14(8-24(31)32)7-17(19)11-28/h1-7,9-10,12,29H,8,13H2,(H,30,33)(H,31,32). The van der Waals surface area contributed by atoms with Gasteiger partial charge in [-0.15, -0.1) is 0 Å². The number of carboxylic acid groups (broad SMARTS) is 1. The van der Waals surface area contributed by atoms with Crippen molar-refractivity contribution in [3.05, 3.63) is 93.1 Å². The number of carbonyl (C=O) groups excluding carboxylic acids is 1. The van der Waals surface area contributed by atoms with Gasteiger partial charge in [0.05, 0.1) is 18.1 Å². The Bertz CT molecular complexity index is 1460. The minimum atomic E-state index is -0.972. The molecule has 1 amide bonds. The summed E-state index contributed by atoms with van der Waals surface area (Å²) >= 11 is 12.0. The molecule has 3 aromatic carbocycles. The largest absolute Gasteiger partial charge is 0.481 e. The summed E-state index contributed by atoms with van der Waals surface area (Å²) in [4.78, 5) is 32.1. The molecule has 34 heavy (non-hydrogen) atoms. The molecule has 4 rings (SSSR count). The molecule has 0 radical (unpaired) electrons. The van der Waals surface area contributed by atoms with Crippen LogP contribution in [0, 0.1) is 11.3 Å². The zero-order valence-corrected chi connectivity index (χ0v) is 19.1. The van der Waals surface area contributed by atoms with Gasteiger partial charge in [-0.1, -0.05) is 41.4 Å². The fraction of sp³-hybridized carbons (Fsp3) is 0.0800. The Hall–Kier alpha value is -3.83. The lowest BCUT2D eigenvalue weighted by Gasteiger charge is -2.09. The minimum Gasteiger partial charge on any atom is -0.481 e. The van der Waals surface area contributed by atoms with Gasteiger partial charge in [0.15, 0.2) is 0 Å². The molecule has 0 bridgehead atoms. The summed E-state index contributed by atoms with van der Waals surface area (Å²) in [6.45, 7) is 0.0631. The van der Waals surface area contributed by atoms with Crippen molar-refractivity contribution < 1.29 is 19.5 Å². The first-order valence-electron chi connectivity index (χ1n) is 10.1. The molecule has 170 valence electrons. The number of halogens is 2. The molecule has 3 N–H and O–H groups in total. The smallest absolute Gasteiger partial charge is 0.307 e. The molecule has 1 heterocycles. The number of hydroxylamine groups is 1. The maximum absolute atomic E-state index is 12.6. The molecule has 7 nitrogen and oxygen atoms in total. The number of nitrogens with one attached hydrogen (secondary N) is 2. The maximum atomic E-state index is 12.6. The Morgan fingerprint density at radius 3 is 2.62 bits per heavy atom. The summed E-state index contributed by atoms with van der Waals surface area (Å²) in [6.07, 6.45) is 1.58. The van der Waals surface area contributed by atoms with Crippen LogP contribution in [-0.2, 0) is 22.7 Å². The number of rotatable bonds is 7. The lowest BCUT2D eigenvalue weighted by Crippen LogP contribution is -2.23. The second kappa shape index (κ2) is 9.98. The van der Waals surface area contributed by atoms with Crippen molar-refractivity contribution in [3.63, 3.8) is 0 Å². The first-order chi connectivity index (χ1) is 16.4. The third-order valence-electron chi connectivity index (χ3n) is 5.20. The van der Waals surface area contributed by atoms with Gasteiger partial charge in [-0.3, -0.25) is 14.4 Å². The average molecular weight is 494 g/mol. The number of aliphatic carboxylic acids is 1. The van der Waals surface area contributed by atoms with E-state index in [1.54, 1.807) is 60.8 Å². The van der Waals surface area contributed by atoms with Crippen molar-refractivity contribution in [1.82, 2.24) is 10.5 Å². The summed E-state index contributed by atoms with van der Waals surface area (Å²) in [5, 5.41) is 20.3. The van der Waals surface area contributed by atoms with Gasteiger partial charge in [0.25, 0.3) is 5.91 Å². The van der Waals surface area contributed by atoms with Crippen LogP contribution in [0.1, 0.15) is 27.0 Å². The van der Waals surface area contributed by atoms with Crippen LogP contribution in [0.3, 0.4) is 0 Å². The molecule has 9 heteroatoms. The molecule has 0 aliphatic rings. The zero-order chi connectivity index (χ0) is 24.2. The second-order valence-electron chi connectivity index (χ2n) is 7.48. The Labute approximate surface area is 204 Å². The van der Waals surface area contributed by atoms with Gasteiger partial charge in [0, 0.05) is 43.8 Å². The Morgan fingerprint density at radius 2 is 1.88 bits per heavy atom. The monoisotopic (exact) mass is 493 g/mol. The van der Waals surface area contributed by atoms with Gasteiger partial charge >= 0.3 is 5.97 Å². The van der Waals surface area contributed by atoms with E-state index >= 15 is 0 Å². The van der Waals surface area contributed by atoms with E-state index in [0.29, 0.717) is 37.9 Å². The summed E-state index contributed by atoms with van der Waals surface area (Å²) in [6, 6.07) is 17.2. The summed E-state index contributed by atoms with van der Waals surface area (Å²) in [7, 11) is 0. The van der Waals surface area contributed by atoms with Crippen LogP contribution in [0.4, 0.5) is 0 Å². The van der Waals surface area contributed by atoms with E-state index in [1.807, 2.05) is 0 Å². The van der Waals surface area contributed by atoms with Crippen molar-refractivity contribution in [2.24, 2.45) is 0 Å². The molecule has 0 aliphatic carbocycles. The number of aromatic nitrogens is 1. The van der Waals surface area contributed by atoms with Gasteiger partial charge in [-0.05, 0) is 47.5 Å². The molecule has 0 unspecified atom stereocenters. The summed E-state index contributed by atoms with van der Waals surface area (Å²) in [5.41, 5.74) is 6.44. The van der Waals surface area contributed by atoms with Crippen molar-refractivity contribution in [3.8, 4) is 17.2 Å². The van der Waals surface area contributed by atoms with Crippen LogP contribution >= 0.6 is 23.2 Å². The quantitative estimate of drug-likeness (QED) is 0.294. The zero-order valence-electron chi connectivity index (χ0n) is 17.6. The average Bonchev–Trinajstić information content (AvgIpc) is 3.23. The second-order valence-corrected chi connectivity index (χ2v) is 8.32. The number of hydrogen-bond acceptors (Lipinski definition) is 4. The molecule has 0 saturated heterocycles. The van der Waals surface area contributed by atoms with Crippen LogP contribution < -0.4 is 5.48 Å². The molecule has 0 atom stereocenters. The minimum absolute atomic E-state index is 0.0631. The highest BCUT2D eigenvalue weighted by atomic mass is 35.5. The van der Waals surface area contributed by atoms with E-state index in [2.05, 4.69) is 16.5 Å². The van der Waals surface area contributed by atoms with Crippen molar-refractivity contribution in [2.75, 3.05) is 0 Å². The van der Waals surface area contributed by atoms with Crippen LogP contribution in [0.15, 0.2) is 60.8 Å². The molecule has 4 aromatic rings. The molecule has 0 spiro atoms. The lowest BCUT2D eigenvalue weighted by molar-refractivity contribution is -0.136. The fourth-order valence-electron chi connectivity index (χ4n) is 3.57. The Morgan fingerprint density at radius 1 is 1.06 bits per heavy atom. The van der Waals surface area contributed by atoms with Gasteiger partial charge in [0.2, 0.25) is 0 Å². The normalized spacial score (nSPS) is 10.7. The topological polar surface area (TPSA) is 115 Å². The van der Waals surface area contributed by atoms with Gasteiger partial charge in [-0.2, -0.15) is 5.26 Å². The van der Waals surface area contributed by atoms with Crippen molar-refractivity contribution >= 4 is 46.0 Å². The third kappa shape index (κ3) is 5.05. The SMILES string of the molecule is N#Cc1cc(CC(=O)O)ccc1-c1c[nH]c2ccc(C(=O)NOCc3ccc(Cl)cc3Cl)cc12. The summed E-state index contributed by atoms with van der Waals surface area (Å²) < 4.78 is 0. The predicted molar refractivity (Wildman–Crippen MR) is 129 cm³/mol. The number of hydrogen-bond donors (Lipinski definition) is 3. The number of aromatic amines is 1. The van der Waals surface area contributed by atoms with Crippen LogP contribution in [-0.4, -0.2) is 22.0 Å². The number of H-pyrrole nitrogens is 1. The molecule has 1 aromatic heterocycles. The number of amides is 1. The molecule has 0 fully saturated rings. The summed E-state index contributed by atoms with van der Waals surface area (Å²) in [5.74, 6) is -1.42. The van der Waals surface area contributed by atoms with E-state index in [-0.39, 0.29) is 13.0 Å². The first kappa shape index (κ1) is 23.3. The first-order valence-corrected chi connectivity index (χ1v) is 10.8. The molecular formula is C25H17Cl2N3O4. The third-order valence-corrected chi connectivity index (χ3v) is 5.79. The van der Waals surface area contributed by atoms with E-state index in [1.165, 1.54) is 0 Å². The van der Waals surface area contributed by atoms with Crippen LogP contribution in [0.2, 0.25) is 10.0 Å². The lowest BCUT2D eigenvalue weighted by atomic mass is 9.96. The highest BCUT2D eigenvalue weighted by molar-refractivity contribution is 6.35. The van der Waals surface area contributed by atoms with E-state index in [4.69, 9.17) is 33.1 Å². The maximum Gasteiger partial charge on any atom is 0.307 e. The highest BCUT2D eigenvalue weighted by Gasteiger charge is 2.15. The van der Waals surface area contributed by atoms with Gasteiger partial charge in [-0.25, -0.2) is 5.48 Å². The Balaban J connectivity index is 1.56. The molecule has 0 aliphatic heterocycles. The number of carboxylic acids is 1. The van der Waals surface area contributed by atoms with Crippen molar-refractivity contribution in [1.29, 1.82) is 5.26 Å². The van der Waals surface area contributed by atoms with Crippen molar-refractivity contribution in [2.45, 2.75) is 13.0 Å². The van der Waals surface area contributed by atoms with Gasteiger partial charge < -0.3 is 10.1 Å². The fourth-order valence-corrected chi connectivity index (χ4v) is 4.03. The van der Waals surface area contributed by atoms with Gasteiger partial charge in [0.1, 0.15) is 6.61 Å². The number of nitriles is 1. The molecular weight excluding hydrogens is 477 g/mol. The molecule has 0 saturated carbocycles. The number of carbonyl (C=O) groups is 2. The number of fused-ring (bicyclic) bond motifs is 1. The number of nitrogens with zero attached hydrogens (tertiary/aromatic N) is 1. The predicted octanol–water partition coefficient (Wildman–Crippen LogP) is 5.50. The van der Waals surface area contributed by atoms with E-state index in [0.717, 1.165) is 16.5 Å². The van der Waals surface area contributed by atoms with E-state index in [9.17, 15) is 14.9 Å².